The number of fused-ring (bicyclic) bond motifs is 1. The molecule has 0 radical (unpaired) electrons. The van der Waals surface area contributed by atoms with Gasteiger partial charge in [0.2, 0.25) is 0 Å². The normalized spacial score (nSPS) is 25.8. The number of carbonyl (C=O) groups excluding carboxylic acids is 2. The zero-order chi connectivity index (χ0) is 30.8. The lowest BCUT2D eigenvalue weighted by Gasteiger charge is -2.28. The molecule has 2 aromatic rings. The summed E-state index contributed by atoms with van der Waals surface area (Å²) in [7, 11) is -4.17. The van der Waals surface area contributed by atoms with Crippen molar-refractivity contribution in [2.75, 3.05) is 25.1 Å². The highest BCUT2D eigenvalue weighted by Gasteiger charge is 2.54. The predicted molar refractivity (Wildman–Crippen MR) is 149 cm³/mol. The Morgan fingerprint density at radius 2 is 1.76 bits per heavy atom. The van der Waals surface area contributed by atoms with Gasteiger partial charge in [-0.2, -0.15) is 0 Å². The van der Waals surface area contributed by atoms with Crippen molar-refractivity contribution in [3.63, 3.8) is 0 Å². The van der Waals surface area contributed by atoms with Crippen molar-refractivity contribution in [2.24, 2.45) is 0 Å². The molecule has 5 N–H and O–H groups in total. The molecule has 1 saturated carbocycles. The summed E-state index contributed by atoms with van der Waals surface area (Å²) >= 11 is 0. The average molecular weight is 614 g/mol. The van der Waals surface area contributed by atoms with Crippen LogP contribution >= 0.6 is 7.67 Å². The van der Waals surface area contributed by atoms with E-state index in [-0.39, 0.29) is 13.2 Å². The summed E-state index contributed by atoms with van der Waals surface area (Å²) < 4.78 is 37.0. The third-order valence-corrected chi connectivity index (χ3v) is 8.85. The molecule has 0 bridgehead atoms. The fourth-order valence-electron chi connectivity index (χ4n) is 4.54. The van der Waals surface area contributed by atoms with Gasteiger partial charge in [-0.1, -0.05) is 0 Å². The van der Waals surface area contributed by atoms with Crippen LogP contribution in [0.1, 0.15) is 59.5 Å². The van der Waals surface area contributed by atoms with Crippen molar-refractivity contribution in [3.8, 4) is 0 Å². The number of carbonyl (C=O) groups is 2. The van der Waals surface area contributed by atoms with Gasteiger partial charge < -0.3 is 34.3 Å². The van der Waals surface area contributed by atoms with Crippen molar-refractivity contribution in [2.45, 2.75) is 96.5 Å². The van der Waals surface area contributed by atoms with Crippen LogP contribution in [0, 0.1) is 6.92 Å². The highest BCUT2D eigenvalue weighted by molar-refractivity contribution is 7.54. The first-order chi connectivity index (χ1) is 19.8. The maximum absolute atomic E-state index is 13.8. The highest BCUT2D eigenvalue weighted by Crippen LogP contribution is 2.44. The highest BCUT2D eigenvalue weighted by atomic mass is 31.2. The van der Waals surface area contributed by atoms with Crippen molar-refractivity contribution in [1.82, 2.24) is 29.7 Å². The zero-order valence-corrected chi connectivity index (χ0v) is 25.5. The summed E-state index contributed by atoms with van der Waals surface area (Å²) in [5.41, 5.74) is -0.962. The molecular weight excluding hydrogens is 573 g/mol. The molecule has 1 saturated heterocycles. The summed E-state index contributed by atoms with van der Waals surface area (Å²) in [5.74, 6) is -0.324. The third kappa shape index (κ3) is 7.08. The monoisotopic (exact) mass is 613 g/mol. The molecule has 1 aliphatic heterocycles. The molecule has 1 unspecified atom stereocenters. The Balaban J connectivity index is 1.54. The van der Waals surface area contributed by atoms with Crippen molar-refractivity contribution in [3.05, 3.63) is 12.2 Å². The molecule has 0 aromatic carbocycles. The Morgan fingerprint density at radius 3 is 2.31 bits per heavy atom. The van der Waals surface area contributed by atoms with E-state index in [0.29, 0.717) is 28.8 Å². The van der Waals surface area contributed by atoms with Gasteiger partial charge in [-0.3, -0.25) is 18.7 Å². The number of anilines is 1. The molecule has 234 valence electrons. The molecule has 42 heavy (non-hydrogen) atoms. The van der Waals surface area contributed by atoms with Crippen molar-refractivity contribution in [1.29, 1.82) is 0 Å². The second-order valence-electron chi connectivity index (χ2n) is 10.6. The van der Waals surface area contributed by atoms with Crippen LogP contribution in [0.4, 0.5) is 5.82 Å². The van der Waals surface area contributed by atoms with E-state index in [9.17, 15) is 24.4 Å². The lowest BCUT2D eigenvalue weighted by molar-refractivity contribution is -0.145. The van der Waals surface area contributed by atoms with Gasteiger partial charge in [0.05, 0.1) is 26.1 Å². The molecule has 4 rings (SSSR count). The molecular formula is C25H40N7O9P. The first-order valence-corrected chi connectivity index (χ1v) is 15.6. The standard InChI is InChI=1S/C25H40N7O9P/c1-7-38-22(34)13(3)30-42(37,31-14(4)23(35)39-8-2)40-11-17-19(33)25(6,36)24(41-17)32-12-26-18-20(29-16-9-10-16)27-15(5)28-21(18)32/h12-14,16-17,19,24,33,36H,7-11H2,1-6H3,(H,27,28,29)(H2,30,31,37)/t13-,14-,17+,19-,24+,25?/m0/s1. The number of nitrogens with zero attached hydrogens (tertiary/aromatic N) is 4. The van der Waals surface area contributed by atoms with E-state index in [1.54, 1.807) is 20.8 Å². The van der Waals surface area contributed by atoms with Crippen LogP contribution in [0.5, 0.6) is 0 Å². The van der Waals surface area contributed by atoms with Gasteiger partial charge in [0.1, 0.15) is 35.7 Å². The summed E-state index contributed by atoms with van der Waals surface area (Å²) in [4.78, 5) is 37.8. The van der Waals surface area contributed by atoms with Crippen LogP contribution in [0.3, 0.4) is 0 Å². The molecule has 0 amide bonds. The van der Waals surface area contributed by atoms with Gasteiger partial charge in [-0.25, -0.2) is 25.1 Å². The third-order valence-electron chi connectivity index (χ3n) is 6.89. The molecule has 16 nitrogen and oxygen atoms in total. The largest absolute Gasteiger partial charge is 0.465 e. The number of aliphatic hydroxyl groups excluding tert-OH is 1. The number of rotatable bonds is 14. The van der Waals surface area contributed by atoms with Gasteiger partial charge in [0, 0.05) is 6.04 Å². The quantitative estimate of drug-likeness (QED) is 0.148. The van der Waals surface area contributed by atoms with Gasteiger partial charge in [-0.05, 0) is 54.4 Å². The van der Waals surface area contributed by atoms with Gasteiger partial charge >= 0.3 is 19.6 Å². The summed E-state index contributed by atoms with van der Waals surface area (Å²) in [6.07, 6.45) is -0.310. The van der Waals surface area contributed by atoms with Crippen LogP contribution in [0.25, 0.3) is 11.2 Å². The van der Waals surface area contributed by atoms with E-state index in [0.717, 1.165) is 12.8 Å². The van der Waals surface area contributed by atoms with Crippen LogP contribution in [-0.2, 0) is 32.9 Å². The van der Waals surface area contributed by atoms with Gasteiger partial charge in [-0.15, -0.1) is 0 Å². The maximum atomic E-state index is 13.8. The van der Waals surface area contributed by atoms with Gasteiger partial charge in [0.15, 0.2) is 23.2 Å². The predicted octanol–water partition coefficient (Wildman–Crippen LogP) is 0.925. The Hall–Kier alpha value is -2.72. The smallest absolute Gasteiger partial charge is 0.342 e. The number of nitrogens with one attached hydrogen (secondary N) is 3. The first kappa shape index (κ1) is 32.2. The van der Waals surface area contributed by atoms with Crippen LogP contribution < -0.4 is 15.5 Å². The number of hydrogen-bond donors (Lipinski definition) is 5. The molecule has 2 aromatic heterocycles. The molecule has 6 atom stereocenters. The number of esters is 2. The topological polar surface area (TPSA) is 208 Å². The van der Waals surface area contributed by atoms with Crippen LogP contribution in [0.15, 0.2) is 6.33 Å². The minimum absolute atomic E-state index is 0.104. The lowest BCUT2D eigenvalue weighted by Crippen LogP contribution is -2.45. The van der Waals surface area contributed by atoms with E-state index >= 15 is 0 Å². The molecule has 0 spiro atoms. The molecule has 17 heteroatoms. The Kier molecular flexibility index (Phi) is 9.87. The number of ether oxygens (including phenoxy) is 3. The number of imidazole rings is 1. The summed E-state index contributed by atoms with van der Waals surface area (Å²) in [5, 5.41) is 30.9. The summed E-state index contributed by atoms with van der Waals surface area (Å²) in [6.45, 7) is 8.95. The minimum atomic E-state index is -4.17. The minimum Gasteiger partial charge on any atom is -0.465 e. The fourth-order valence-corrected chi connectivity index (χ4v) is 6.35. The number of aliphatic hydroxyl groups is 2. The fraction of sp³-hybridized carbons (Fsp3) is 0.720. The molecule has 3 heterocycles. The van der Waals surface area contributed by atoms with Crippen LogP contribution in [-0.4, -0.2) is 97.4 Å². The summed E-state index contributed by atoms with van der Waals surface area (Å²) in [6, 6.07) is -1.85. The first-order valence-electron chi connectivity index (χ1n) is 14.0. The van der Waals surface area contributed by atoms with Gasteiger partial charge in [0.25, 0.3) is 0 Å². The molecule has 1 aliphatic carbocycles. The molecule has 2 fully saturated rings. The SMILES string of the molecule is CCOC(=O)[C@H](C)NP(=O)(N[C@@H](C)C(=O)OCC)OC[C@H]1O[C@@H](n2cnc3c(NC4CC4)nc(C)nc32)C(C)(O)[C@H]1O. The number of aryl methyl sites for hydroxylation is 1. The number of hydrogen-bond acceptors (Lipinski definition) is 13. The Morgan fingerprint density at radius 1 is 1.17 bits per heavy atom. The Labute approximate surface area is 243 Å². The average Bonchev–Trinajstić information content (AvgIpc) is 3.59. The second-order valence-corrected chi connectivity index (χ2v) is 12.5. The van der Waals surface area contributed by atoms with E-state index in [1.165, 1.54) is 31.7 Å². The van der Waals surface area contributed by atoms with Crippen LogP contribution in [0.2, 0.25) is 0 Å². The van der Waals surface area contributed by atoms with E-state index in [2.05, 4.69) is 30.4 Å². The lowest BCUT2D eigenvalue weighted by atomic mass is 9.96. The van der Waals surface area contributed by atoms with Crippen molar-refractivity contribution >= 4 is 36.6 Å². The zero-order valence-electron chi connectivity index (χ0n) is 24.6. The maximum Gasteiger partial charge on any atom is 0.342 e. The molecule has 2 aliphatic rings. The Bertz CT molecular complexity index is 1300. The second kappa shape index (κ2) is 12.9. The number of aromatic nitrogens is 4. The van der Waals surface area contributed by atoms with E-state index < -0.39 is 62.3 Å². The van der Waals surface area contributed by atoms with Crippen molar-refractivity contribution < 1.29 is 43.1 Å². The van der Waals surface area contributed by atoms with E-state index in [4.69, 9.17) is 18.7 Å². The van der Waals surface area contributed by atoms with E-state index in [1.807, 2.05) is 0 Å².